The highest BCUT2D eigenvalue weighted by Crippen LogP contribution is 2.46. The molecule has 0 bridgehead atoms. The largest absolute Gasteiger partial charge is 0.357 e. The van der Waals surface area contributed by atoms with Gasteiger partial charge in [-0.15, -0.1) is 11.3 Å². The van der Waals surface area contributed by atoms with Crippen molar-refractivity contribution in [3.63, 3.8) is 0 Å². The number of rotatable bonds is 8. The monoisotopic (exact) mass is 506 g/mol. The van der Waals surface area contributed by atoms with Gasteiger partial charge in [0.1, 0.15) is 5.83 Å². The molecule has 1 aliphatic heterocycles. The Morgan fingerprint density at radius 3 is 2.74 bits per heavy atom. The molecule has 1 saturated heterocycles. The Balaban J connectivity index is 1.80. The van der Waals surface area contributed by atoms with Gasteiger partial charge in [-0.25, -0.2) is 27.8 Å². The first-order valence-electron chi connectivity index (χ1n) is 11.6. The fourth-order valence-electron chi connectivity index (χ4n) is 4.37. The van der Waals surface area contributed by atoms with Crippen LogP contribution in [-0.4, -0.2) is 49.3 Å². The zero-order chi connectivity index (χ0) is 24.3. The fraction of sp³-hybridized carbons (Fsp3) is 0.522. The molecule has 2 aromatic heterocycles. The molecule has 2 unspecified atom stereocenters. The molecule has 1 aliphatic carbocycles. The highest BCUT2D eigenvalue weighted by molar-refractivity contribution is 7.89. The van der Waals surface area contributed by atoms with E-state index in [0.29, 0.717) is 29.7 Å². The second-order valence-corrected chi connectivity index (χ2v) is 11.6. The molecule has 8 nitrogen and oxygen atoms in total. The number of hydrogen-bond acceptors (Lipinski definition) is 8. The summed E-state index contributed by atoms with van der Waals surface area (Å²) < 4.78 is 43.1. The maximum atomic E-state index is 15.9. The first-order valence-corrected chi connectivity index (χ1v) is 14.1. The molecule has 2 aliphatic rings. The third-order valence-electron chi connectivity index (χ3n) is 6.13. The van der Waals surface area contributed by atoms with E-state index in [1.165, 1.54) is 6.08 Å². The normalized spacial score (nSPS) is 21.6. The lowest BCUT2D eigenvalue weighted by molar-refractivity contribution is 0.446. The van der Waals surface area contributed by atoms with Crippen molar-refractivity contribution in [3.8, 4) is 10.6 Å². The van der Waals surface area contributed by atoms with E-state index < -0.39 is 21.8 Å². The van der Waals surface area contributed by atoms with Gasteiger partial charge in [-0.05, 0) is 50.4 Å². The average molecular weight is 507 g/mol. The van der Waals surface area contributed by atoms with E-state index in [0.717, 1.165) is 35.8 Å². The summed E-state index contributed by atoms with van der Waals surface area (Å²) in [5, 5.41) is 7.30. The van der Waals surface area contributed by atoms with Crippen LogP contribution in [0.5, 0.6) is 0 Å². The predicted molar refractivity (Wildman–Crippen MR) is 134 cm³/mol. The lowest BCUT2D eigenvalue weighted by atomic mass is 9.84. The van der Waals surface area contributed by atoms with Crippen LogP contribution in [0.4, 0.5) is 10.3 Å². The summed E-state index contributed by atoms with van der Waals surface area (Å²) in [7, 11) is -1.87. The van der Waals surface area contributed by atoms with Gasteiger partial charge < -0.3 is 10.6 Å². The molecule has 34 heavy (non-hydrogen) atoms. The van der Waals surface area contributed by atoms with E-state index in [1.54, 1.807) is 37.6 Å². The van der Waals surface area contributed by atoms with Crippen molar-refractivity contribution in [2.75, 3.05) is 31.2 Å². The number of nitrogens with one attached hydrogen (secondary N) is 3. The van der Waals surface area contributed by atoms with Crippen LogP contribution >= 0.6 is 11.3 Å². The topological polar surface area (TPSA) is 109 Å². The van der Waals surface area contributed by atoms with Crippen molar-refractivity contribution in [1.29, 1.82) is 0 Å². The Morgan fingerprint density at radius 1 is 1.26 bits per heavy atom. The van der Waals surface area contributed by atoms with E-state index in [1.807, 2.05) is 13.0 Å². The first-order chi connectivity index (χ1) is 16.3. The lowest BCUT2D eigenvalue weighted by Crippen LogP contribution is -2.28. The summed E-state index contributed by atoms with van der Waals surface area (Å²) >= 11 is 1.55. The summed E-state index contributed by atoms with van der Waals surface area (Å²) in [4.78, 5) is 14.6. The van der Waals surface area contributed by atoms with Gasteiger partial charge in [0.2, 0.25) is 16.0 Å². The summed E-state index contributed by atoms with van der Waals surface area (Å²) in [6, 6.07) is 1.81. The van der Waals surface area contributed by atoms with Gasteiger partial charge in [-0.3, -0.25) is 4.72 Å². The molecule has 2 atom stereocenters. The maximum Gasteiger partial charge on any atom is 0.232 e. The van der Waals surface area contributed by atoms with Crippen LogP contribution in [0.1, 0.15) is 55.6 Å². The standard InChI is InChI=1S/C23H31FN6O2S2/c1-4-13-34(31,32)30-16-6-5-14(2)18(19(16)24)20-21(17-9-12-27-23(25-3)28-17)33-22(29-20)15-7-10-26-11-8-15/h5-6,9,12,14-15,18,26,30H,4,7-8,10-11,13H2,1-3H3,(H,25,27,28). The summed E-state index contributed by atoms with van der Waals surface area (Å²) in [5.74, 6) is -0.714. The van der Waals surface area contributed by atoms with Crippen LogP contribution < -0.4 is 15.4 Å². The van der Waals surface area contributed by atoms with Crippen LogP contribution in [-0.2, 0) is 10.0 Å². The first kappa shape index (κ1) is 24.7. The quantitative estimate of drug-likeness (QED) is 0.498. The lowest BCUT2D eigenvalue weighted by Gasteiger charge is -2.25. The maximum absolute atomic E-state index is 15.9. The van der Waals surface area contributed by atoms with Crippen molar-refractivity contribution < 1.29 is 12.8 Å². The third-order valence-corrected chi connectivity index (χ3v) is 8.86. The predicted octanol–water partition coefficient (Wildman–Crippen LogP) is 3.91. The van der Waals surface area contributed by atoms with E-state index >= 15 is 4.39 Å². The van der Waals surface area contributed by atoms with Crippen LogP contribution in [0.25, 0.3) is 10.6 Å². The van der Waals surface area contributed by atoms with Gasteiger partial charge in [0, 0.05) is 19.2 Å². The van der Waals surface area contributed by atoms with E-state index in [-0.39, 0.29) is 17.4 Å². The summed E-state index contributed by atoms with van der Waals surface area (Å²) in [6.07, 6.45) is 7.42. The second kappa shape index (κ2) is 10.5. The smallest absolute Gasteiger partial charge is 0.232 e. The molecule has 1 fully saturated rings. The number of halogens is 1. The Bertz CT molecular complexity index is 1190. The van der Waals surface area contributed by atoms with Crippen molar-refractivity contribution in [2.24, 2.45) is 5.92 Å². The number of aromatic nitrogens is 3. The van der Waals surface area contributed by atoms with Crippen LogP contribution in [0.2, 0.25) is 0 Å². The number of thiazole rings is 1. The molecule has 11 heteroatoms. The summed E-state index contributed by atoms with van der Waals surface area (Å²) in [5.41, 5.74) is 1.26. The summed E-state index contributed by atoms with van der Waals surface area (Å²) in [6.45, 7) is 5.54. The highest BCUT2D eigenvalue weighted by atomic mass is 32.2. The highest BCUT2D eigenvalue weighted by Gasteiger charge is 2.35. The number of piperidine rings is 1. The van der Waals surface area contributed by atoms with Gasteiger partial charge in [0.15, 0.2) is 0 Å². The molecule has 3 heterocycles. The van der Waals surface area contributed by atoms with Gasteiger partial charge in [-0.2, -0.15) is 0 Å². The van der Waals surface area contributed by atoms with Crippen molar-refractivity contribution in [3.05, 3.63) is 46.6 Å². The van der Waals surface area contributed by atoms with E-state index in [9.17, 15) is 8.42 Å². The van der Waals surface area contributed by atoms with Crippen molar-refractivity contribution in [2.45, 2.75) is 44.9 Å². The molecule has 184 valence electrons. The molecule has 3 N–H and O–H groups in total. The number of hydrogen-bond donors (Lipinski definition) is 3. The Kier molecular flexibility index (Phi) is 7.63. The zero-order valence-corrected chi connectivity index (χ0v) is 21.3. The Morgan fingerprint density at radius 2 is 2.03 bits per heavy atom. The van der Waals surface area contributed by atoms with Gasteiger partial charge in [0.05, 0.1) is 38.6 Å². The van der Waals surface area contributed by atoms with Crippen molar-refractivity contribution in [1.82, 2.24) is 25.0 Å². The molecule has 0 radical (unpaired) electrons. The SMILES string of the molecule is CCCS(=O)(=O)NC1=C(F)C(c2nc(C3CCNCC3)sc2-c2ccnc(NC)n2)C(C)C=C1. The minimum absolute atomic E-state index is 0.0162. The number of anilines is 1. The van der Waals surface area contributed by atoms with Crippen molar-refractivity contribution >= 4 is 27.3 Å². The molecule has 0 spiro atoms. The van der Waals surface area contributed by atoms with E-state index in [2.05, 4.69) is 25.3 Å². The molecular formula is C23H31FN6O2S2. The third kappa shape index (κ3) is 5.31. The number of allylic oxidation sites excluding steroid dienone is 3. The minimum atomic E-state index is -3.62. The van der Waals surface area contributed by atoms with Gasteiger partial charge in [-0.1, -0.05) is 19.9 Å². The average Bonchev–Trinajstić information content (AvgIpc) is 3.26. The molecule has 4 rings (SSSR count). The van der Waals surface area contributed by atoms with Gasteiger partial charge in [0.25, 0.3) is 0 Å². The van der Waals surface area contributed by atoms with Crippen LogP contribution in [0.3, 0.4) is 0 Å². The number of nitrogens with zero attached hydrogens (tertiary/aromatic N) is 3. The number of sulfonamides is 1. The minimum Gasteiger partial charge on any atom is -0.357 e. The fourth-order valence-corrected chi connectivity index (χ4v) is 6.76. The zero-order valence-electron chi connectivity index (χ0n) is 19.6. The molecule has 0 saturated carbocycles. The Labute approximate surface area is 204 Å². The van der Waals surface area contributed by atoms with Crippen LogP contribution in [0, 0.1) is 5.92 Å². The molecule has 0 amide bonds. The van der Waals surface area contributed by atoms with Crippen LogP contribution in [0.15, 0.2) is 35.9 Å². The molecular weight excluding hydrogens is 475 g/mol. The molecule has 2 aromatic rings. The van der Waals surface area contributed by atoms with E-state index in [4.69, 9.17) is 4.98 Å². The second-order valence-electron chi connectivity index (χ2n) is 8.68. The Hall–Kier alpha value is -2.37. The molecule has 0 aromatic carbocycles. The van der Waals surface area contributed by atoms with Gasteiger partial charge >= 0.3 is 0 Å².